The second-order valence-electron chi connectivity index (χ2n) is 4.12. The Bertz CT molecular complexity index is 97.3. The molecule has 0 spiro atoms. The van der Waals surface area contributed by atoms with Crippen LogP contribution in [-0.2, 0) is 0 Å². The zero-order valence-electron chi connectivity index (χ0n) is 9.68. The Morgan fingerprint density at radius 2 is 1.46 bits per heavy atom. The first kappa shape index (κ1) is 13.0. The van der Waals surface area contributed by atoms with Crippen molar-refractivity contribution in [2.24, 2.45) is 17.6 Å². The van der Waals surface area contributed by atoms with Gasteiger partial charge >= 0.3 is 0 Å². The average Bonchev–Trinajstić information content (AvgIpc) is 2.19. The minimum absolute atomic E-state index is 0.861. The Hall–Kier alpha value is -0.0400. The summed E-state index contributed by atoms with van der Waals surface area (Å²) in [5.41, 5.74) is 5.53. The average molecular weight is 185 g/mol. The van der Waals surface area contributed by atoms with Crippen LogP contribution >= 0.6 is 0 Å². The molecule has 0 aliphatic rings. The molecular weight excluding hydrogens is 158 g/mol. The summed E-state index contributed by atoms with van der Waals surface area (Å²) in [6.45, 7) is 7.79. The van der Waals surface area contributed by atoms with Crippen LogP contribution in [0.3, 0.4) is 0 Å². The summed E-state index contributed by atoms with van der Waals surface area (Å²) in [6.07, 6.45) is 7.98. The molecule has 0 bridgehead atoms. The molecule has 0 fully saturated rings. The number of hydrogen-bond acceptors (Lipinski definition) is 1. The highest BCUT2D eigenvalue weighted by atomic mass is 14.5. The van der Waals surface area contributed by atoms with E-state index < -0.39 is 0 Å². The van der Waals surface area contributed by atoms with E-state index in [0.29, 0.717) is 0 Å². The molecule has 0 aromatic rings. The maximum absolute atomic E-state index is 5.53. The summed E-state index contributed by atoms with van der Waals surface area (Å²) in [4.78, 5) is 0. The van der Waals surface area contributed by atoms with E-state index in [1.807, 2.05) is 0 Å². The van der Waals surface area contributed by atoms with Crippen LogP contribution in [0.4, 0.5) is 0 Å². The molecule has 0 heterocycles. The van der Waals surface area contributed by atoms with Gasteiger partial charge in [0.15, 0.2) is 0 Å². The topological polar surface area (TPSA) is 26.0 Å². The first-order valence-electron chi connectivity index (χ1n) is 5.98. The Kier molecular flexibility index (Phi) is 8.53. The van der Waals surface area contributed by atoms with Gasteiger partial charge in [-0.25, -0.2) is 0 Å². The van der Waals surface area contributed by atoms with E-state index >= 15 is 0 Å². The van der Waals surface area contributed by atoms with E-state index in [2.05, 4.69) is 20.8 Å². The third-order valence-corrected chi connectivity index (χ3v) is 3.22. The van der Waals surface area contributed by atoms with Gasteiger partial charge in [-0.2, -0.15) is 0 Å². The van der Waals surface area contributed by atoms with Crippen LogP contribution in [-0.4, -0.2) is 6.54 Å². The molecule has 1 atom stereocenters. The molecule has 0 aromatic heterocycles. The molecule has 0 amide bonds. The Morgan fingerprint density at radius 3 is 1.85 bits per heavy atom. The summed E-state index contributed by atoms with van der Waals surface area (Å²) < 4.78 is 0. The third kappa shape index (κ3) is 6.09. The molecule has 2 N–H and O–H groups in total. The van der Waals surface area contributed by atoms with Crippen LogP contribution in [0, 0.1) is 11.8 Å². The predicted octanol–water partition coefficient (Wildman–Crippen LogP) is 3.58. The van der Waals surface area contributed by atoms with Crippen molar-refractivity contribution in [1.82, 2.24) is 0 Å². The predicted molar refractivity (Wildman–Crippen MR) is 60.8 cm³/mol. The first-order valence-corrected chi connectivity index (χ1v) is 5.98. The summed E-state index contributed by atoms with van der Waals surface area (Å²) in [6, 6.07) is 0. The van der Waals surface area contributed by atoms with E-state index in [-0.39, 0.29) is 0 Å². The molecule has 1 unspecified atom stereocenters. The normalized spacial score (nSPS) is 13.6. The molecular formula is C12H27N. The third-order valence-electron chi connectivity index (χ3n) is 3.22. The highest BCUT2D eigenvalue weighted by Crippen LogP contribution is 2.24. The minimum atomic E-state index is 0.861. The zero-order chi connectivity index (χ0) is 10.1. The summed E-state index contributed by atoms with van der Waals surface area (Å²) in [7, 11) is 0. The van der Waals surface area contributed by atoms with E-state index in [1.54, 1.807) is 0 Å². The molecule has 0 radical (unpaired) electrons. The molecule has 1 heteroatoms. The van der Waals surface area contributed by atoms with Crippen LogP contribution in [0.2, 0.25) is 0 Å². The van der Waals surface area contributed by atoms with Crippen molar-refractivity contribution in [3.63, 3.8) is 0 Å². The molecule has 13 heavy (non-hydrogen) atoms. The van der Waals surface area contributed by atoms with Crippen molar-refractivity contribution in [3.8, 4) is 0 Å². The zero-order valence-corrected chi connectivity index (χ0v) is 9.68. The Balaban J connectivity index is 3.67. The van der Waals surface area contributed by atoms with Crippen LogP contribution < -0.4 is 5.73 Å². The lowest BCUT2D eigenvalue weighted by atomic mass is 9.86. The number of nitrogens with two attached hydrogens (primary N) is 1. The second-order valence-corrected chi connectivity index (χ2v) is 4.12. The van der Waals surface area contributed by atoms with Gasteiger partial charge in [-0.3, -0.25) is 0 Å². The highest BCUT2D eigenvalue weighted by molar-refractivity contribution is 4.64. The summed E-state index contributed by atoms with van der Waals surface area (Å²) in [5.74, 6) is 1.87. The molecule has 0 saturated heterocycles. The van der Waals surface area contributed by atoms with Gasteiger partial charge in [0.2, 0.25) is 0 Å². The van der Waals surface area contributed by atoms with Crippen molar-refractivity contribution in [2.45, 2.75) is 59.3 Å². The van der Waals surface area contributed by atoms with E-state index in [9.17, 15) is 0 Å². The molecule has 1 nitrogen and oxygen atoms in total. The highest BCUT2D eigenvalue weighted by Gasteiger charge is 2.11. The quantitative estimate of drug-likeness (QED) is 0.614. The van der Waals surface area contributed by atoms with Crippen LogP contribution in [0.1, 0.15) is 59.3 Å². The Labute approximate surface area is 84.1 Å². The van der Waals surface area contributed by atoms with Gasteiger partial charge in [0.05, 0.1) is 0 Å². The summed E-state index contributed by atoms with van der Waals surface area (Å²) in [5, 5.41) is 0. The SMILES string of the molecule is CCC(CC)CC(CC)CCCN. The smallest absolute Gasteiger partial charge is 0.00772 e. The molecule has 0 saturated carbocycles. The molecule has 80 valence electrons. The lowest BCUT2D eigenvalue weighted by molar-refractivity contribution is 0.326. The largest absolute Gasteiger partial charge is 0.330 e. The molecule has 0 aliphatic carbocycles. The van der Waals surface area contributed by atoms with Gasteiger partial charge in [0.25, 0.3) is 0 Å². The van der Waals surface area contributed by atoms with Gasteiger partial charge in [-0.15, -0.1) is 0 Å². The van der Waals surface area contributed by atoms with Crippen molar-refractivity contribution in [1.29, 1.82) is 0 Å². The fourth-order valence-electron chi connectivity index (χ4n) is 1.99. The first-order chi connectivity index (χ1) is 6.28. The van der Waals surface area contributed by atoms with E-state index in [1.165, 1.54) is 38.5 Å². The van der Waals surface area contributed by atoms with Crippen LogP contribution in [0.5, 0.6) is 0 Å². The lowest BCUT2D eigenvalue weighted by Gasteiger charge is -2.20. The molecule has 0 aromatic carbocycles. The standard InChI is InChI=1S/C12H27N/c1-4-11(5-2)10-12(6-3)8-7-9-13/h11-12H,4-10,13H2,1-3H3. The van der Waals surface area contributed by atoms with Crippen LogP contribution in [0.25, 0.3) is 0 Å². The van der Waals surface area contributed by atoms with Gasteiger partial charge in [0, 0.05) is 0 Å². The number of rotatable bonds is 8. The van der Waals surface area contributed by atoms with Gasteiger partial charge in [0.1, 0.15) is 0 Å². The van der Waals surface area contributed by atoms with E-state index in [4.69, 9.17) is 5.73 Å². The molecule has 0 rings (SSSR count). The van der Waals surface area contributed by atoms with Crippen molar-refractivity contribution in [3.05, 3.63) is 0 Å². The maximum Gasteiger partial charge on any atom is -0.00772 e. The summed E-state index contributed by atoms with van der Waals surface area (Å²) >= 11 is 0. The van der Waals surface area contributed by atoms with Gasteiger partial charge in [-0.1, -0.05) is 40.0 Å². The lowest BCUT2D eigenvalue weighted by Crippen LogP contribution is -2.09. The number of hydrogen-bond donors (Lipinski definition) is 1. The van der Waals surface area contributed by atoms with Crippen molar-refractivity contribution < 1.29 is 0 Å². The fourth-order valence-corrected chi connectivity index (χ4v) is 1.99. The van der Waals surface area contributed by atoms with Crippen molar-refractivity contribution >= 4 is 0 Å². The van der Waals surface area contributed by atoms with Crippen molar-refractivity contribution in [2.75, 3.05) is 6.54 Å². The van der Waals surface area contributed by atoms with Gasteiger partial charge in [-0.05, 0) is 37.6 Å². The van der Waals surface area contributed by atoms with E-state index in [0.717, 1.165) is 18.4 Å². The monoisotopic (exact) mass is 185 g/mol. The maximum atomic E-state index is 5.53. The fraction of sp³-hybridized carbons (Fsp3) is 1.00. The Morgan fingerprint density at radius 1 is 0.923 bits per heavy atom. The second kappa shape index (κ2) is 8.55. The van der Waals surface area contributed by atoms with Crippen LogP contribution in [0.15, 0.2) is 0 Å². The minimum Gasteiger partial charge on any atom is -0.330 e. The van der Waals surface area contributed by atoms with Gasteiger partial charge < -0.3 is 5.73 Å². The molecule has 0 aliphatic heterocycles.